The van der Waals surface area contributed by atoms with Gasteiger partial charge in [-0.1, -0.05) is 0 Å². The number of carbonyl (C=O) groups is 1. The standard InChI is InChI=1S/C12H9N5O2/c1-19-12(18)11-14-6-8-10(17-11)16-9(15-8)7-2-4-13-5-3-7/h2-6H,1H3,(H,14,15,16,17). The normalized spacial score (nSPS) is 10.6. The Hall–Kier alpha value is -2.83. The topological polar surface area (TPSA) is 93.6 Å². The highest BCUT2D eigenvalue weighted by atomic mass is 16.5. The Bertz CT molecular complexity index is 738. The summed E-state index contributed by atoms with van der Waals surface area (Å²) in [5.41, 5.74) is 1.95. The maximum atomic E-state index is 11.3. The summed E-state index contributed by atoms with van der Waals surface area (Å²) < 4.78 is 4.57. The van der Waals surface area contributed by atoms with Gasteiger partial charge >= 0.3 is 5.97 Å². The number of nitrogens with one attached hydrogen (secondary N) is 1. The molecule has 0 aliphatic rings. The number of methoxy groups -OCH3 is 1. The summed E-state index contributed by atoms with van der Waals surface area (Å²) in [5.74, 6) is 0.0654. The van der Waals surface area contributed by atoms with Gasteiger partial charge in [-0.2, -0.15) is 0 Å². The summed E-state index contributed by atoms with van der Waals surface area (Å²) >= 11 is 0. The molecular weight excluding hydrogens is 246 g/mol. The number of aromatic nitrogens is 5. The fourth-order valence-corrected chi connectivity index (χ4v) is 1.65. The van der Waals surface area contributed by atoms with Gasteiger partial charge in [0, 0.05) is 18.0 Å². The Labute approximate surface area is 107 Å². The fraction of sp³-hybridized carbons (Fsp3) is 0.0833. The molecule has 3 heterocycles. The van der Waals surface area contributed by atoms with E-state index in [0.29, 0.717) is 17.0 Å². The number of ether oxygens (including phenoxy) is 1. The lowest BCUT2D eigenvalue weighted by atomic mass is 10.3. The Kier molecular flexibility index (Phi) is 2.64. The van der Waals surface area contributed by atoms with Crippen LogP contribution in [0.5, 0.6) is 0 Å². The average molecular weight is 255 g/mol. The van der Waals surface area contributed by atoms with E-state index in [1.807, 2.05) is 12.1 Å². The van der Waals surface area contributed by atoms with Crippen molar-refractivity contribution in [3.63, 3.8) is 0 Å². The van der Waals surface area contributed by atoms with E-state index in [0.717, 1.165) is 5.56 Å². The van der Waals surface area contributed by atoms with Gasteiger partial charge in [0.05, 0.1) is 13.3 Å². The van der Waals surface area contributed by atoms with Crippen LogP contribution in [-0.4, -0.2) is 38.0 Å². The van der Waals surface area contributed by atoms with Crippen molar-refractivity contribution in [1.82, 2.24) is 24.9 Å². The van der Waals surface area contributed by atoms with Crippen LogP contribution >= 0.6 is 0 Å². The van der Waals surface area contributed by atoms with Gasteiger partial charge in [-0.3, -0.25) is 4.98 Å². The highest BCUT2D eigenvalue weighted by Crippen LogP contribution is 2.17. The smallest absolute Gasteiger partial charge is 0.376 e. The molecule has 0 unspecified atom stereocenters. The number of aromatic amines is 1. The third-order valence-corrected chi connectivity index (χ3v) is 2.56. The third kappa shape index (κ3) is 2.01. The number of fused-ring (bicyclic) bond motifs is 1. The van der Waals surface area contributed by atoms with Gasteiger partial charge in [0.15, 0.2) is 5.65 Å². The van der Waals surface area contributed by atoms with E-state index in [9.17, 15) is 4.79 Å². The van der Waals surface area contributed by atoms with Crippen LogP contribution in [0.4, 0.5) is 0 Å². The predicted octanol–water partition coefficient (Wildman–Crippen LogP) is 1.20. The highest BCUT2D eigenvalue weighted by Gasteiger charge is 2.12. The number of hydrogen-bond donors (Lipinski definition) is 1. The van der Waals surface area contributed by atoms with Crippen LogP contribution in [0.1, 0.15) is 10.6 Å². The van der Waals surface area contributed by atoms with Crippen molar-refractivity contribution < 1.29 is 9.53 Å². The third-order valence-electron chi connectivity index (χ3n) is 2.56. The van der Waals surface area contributed by atoms with Crippen molar-refractivity contribution in [2.75, 3.05) is 7.11 Å². The van der Waals surface area contributed by atoms with E-state index in [-0.39, 0.29) is 5.82 Å². The summed E-state index contributed by atoms with van der Waals surface area (Å²) in [6, 6.07) is 3.65. The summed E-state index contributed by atoms with van der Waals surface area (Å²) in [4.78, 5) is 30.6. The van der Waals surface area contributed by atoms with Crippen LogP contribution in [0, 0.1) is 0 Å². The van der Waals surface area contributed by atoms with Gasteiger partial charge in [-0.25, -0.2) is 19.7 Å². The Morgan fingerprint density at radius 1 is 1.26 bits per heavy atom. The van der Waals surface area contributed by atoms with Crippen molar-refractivity contribution >= 4 is 17.1 Å². The monoisotopic (exact) mass is 255 g/mol. The van der Waals surface area contributed by atoms with Crippen LogP contribution in [0.15, 0.2) is 30.7 Å². The quantitative estimate of drug-likeness (QED) is 0.691. The van der Waals surface area contributed by atoms with Crippen LogP contribution in [-0.2, 0) is 4.74 Å². The van der Waals surface area contributed by atoms with Crippen molar-refractivity contribution in [3.8, 4) is 11.4 Å². The molecule has 19 heavy (non-hydrogen) atoms. The van der Waals surface area contributed by atoms with Crippen LogP contribution in [0.3, 0.4) is 0 Å². The Balaban J connectivity index is 2.09. The fourth-order valence-electron chi connectivity index (χ4n) is 1.65. The molecule has 0 saturated carbocycles. The van der Waals surface area contributed by atoms with Gasteiger partial charge in [0.1, 0.15) is 11.3 Å². The molecule has 0 aliphatic carbocycles. The molecule has 0 bridgehead atoms. The molecule has 7 nitrogen and oxygen atoms in total. The molecule has 1 N–H and O–H groups in total. The zero-order valence-electron chi connectivity index (χ0n) is 9.99. The number of rotatable bonds is 2. The van der Waals surface area contributed by atoms with Crippen molar-refractivity contribution in [1.29, 1.82) is 0 Å². The minimum Gasteiger partial charge on any atom is -0.463 e. The van der Waals surface area contributed by atoms with Crippen molar-refractivity contribution in [2.24, 2.45) is 0 Å². The Morgan fingerprint density at radius 3 is 2.79 bits per heavy atom. The summed E-state index contributed by atoms with van der Waals surface area (Å²) in [7, 11) is 1.28. The van der Waals surface area contributed by atoms with Gasteiger partial charge in [-0.05, 0) is 12.1 Å². The van der Waals surface area contributed by atoms with E-state index in [2.05, 4.69) is 29.7 Å². The first-order chi connectivity index (χ1) is 9.28. The number of H-pyrrole nitrogens is 1. The molecule has 0 saturated heterocycles. The van der Waals surface area contributed by atoms with Crippen LogP contribution < -0.4 is 0 Å². The first-order valence-electron chi connectivity index (χ1n) is 5.49. The molecule has 7 heteroatoms. The summed E-state index contributed by atoms with van der Waals surface area (Å²) in [6.45, 7) is 0. The summed E-state index contributed by atoms with van der Waals surface area (Å²) in [5, 5.41) is 0. The second-order valence-electron chi connectivity index (χ2n) is 3.74. The number of pyridine rings is 1. The molecule has 0 aromatic carbocycles. The van der Waals surface area contributed by atoms with Gasteiger partial charge < -0.3 is 9.72 Å². The number of nitrogens with zero attached hydrogens (tertiary/aromatic N) is 4. The van der Waals surface area contributed by atoms with Gasteiger partial charge in [0.2, 0.25) is 5.82 Å². The lowest BCUT2D eigenvalue weighted by molar-refractivity contribution is 0.0587. The van der Waals surface area contributed by atoms with Gasteiger partial charge in [-0.15, -0.1) is 0 Å². The molecule has 0 aliphatic heterocycles. The lowest BCUT2D eigenvalue weighted by Crippen LogP contribution is -2.06. The minimum absolute atomic E-state index is 0.0000663. The van der Waals surface area contributed by atoms with E-state index in [1.54, 1.807) is 12.4 Å². The molecule has 0 amide bonds. The summed E-state index contributed by atoms with van der Waals surface area (Å²) in [6.07, 6.45) is 4.83. The van der Waals surface area contributed by atoms with Crippen molar-refractivity contribution in [2.45, 2.75) is 0 Å². The Morgan fingerprint density at radius 2 is 2.05 bits per heavy atom. The second-order valence-corrected chi connectivity index (χ2v) is 3.74. The van der Waals surface area contributed by atoms with E-state index in [1.165, 1.54) is 13.3 Å². The number of carbonyl (C=O) groups excluding carboxylic acids is 1. The first kappa shape index (κ1) is 11.3. The molecule has 0 fully saturated rings. The molecule has 3 aromatic rings. The average Bonchev–Trinajstić information content (AvgIpc) is 2.90. The second kappa shape index (κ2) is 4.45. The first-order valence-corrected chi connectivity index (χ1v) is 5.49. The van der Waals surface area contributed by atoms with E-state index >= 15 is 0 Å². The van der Waals surface area contributed by atoms with E-state index < -0.39 is 5.97 Å². The number of esters is 1. The molecule has 94 valence electrons. The van der Waals surface area contributed by atoms with E-state index in [4.69, 9.17) is 0 Å². The molecule has 3 rings (SSSR count). The molecular formula is C12H9N5O2. The highest BCUT2D eigenvalue weighted by molar-refractivity contribution is 5.87. The zero-order chi connectivity index (χ0) is 13.2. The lowest BCUT2D eigenvalue weighted by Gasteiger charge is -1.95. The van der Waals surface area contributed by atoms with Crippen LogP contribution in [0.25, 0.3) is 22.6 Å². The minimum atomic E-state index is -0.582. The maximum Gasteiger partial charge on any atom is 0.376 e. The molecule has 0 atom stereocenters. The predicted molar refractivity (Wildman–Crippen MR) is 66.3 cm³/mol. The maximum absolute atomic E-state index is 11.3. The SMILES string of the molecule is COC(=O)c1ncc2nc(-c3ccncc3)[nH]c2n1. The van der Waals surface area contributed by atoms with Crippen molar-refractivity contribution in [3.05, 3.63) is 36.5 Å². The zero-order valence-corrected chi connectivity index (χ0v) is 9.99. The number of imidazole rings is 1. The molecule has 0 radical (unpaired) electrons. The molecule has 0 spiro atoms. The largest absolute Gasteiger partial charge is 0.463 e. The van der Waals surface area contributed by atoms with Crippen LogP contribution in [0.2, 0.25) is 0 Å². The molecule has 3 aromatic heterocycles. The number of hydrogen-bond acceptors (Lipinski definition) is 6. The van der Waals surface area contributed by atoms with Gasteiger partial charge in [0.25, 0.3) is 0 Å².